The van der Waals surface area contributed by atoms with Crippen LogP contribution in [0.1, 0.15) is 34.3 Å². The summed E-state index contributed by atoms with van der Waals surface area (Å²) in [6, 6.07) is 15.7. The van der Waals surface area contributed by atoms with E-state index >= 15 is 0 Å². The lowest BCUT2D eigenvalue weighted by Crippen LogP contribution is -2.31. The van der Waals surface area contributed by atoms with Crippen molar-refractivity contribution in [2.45, 2.75) is 25.4 Å². The second-order valence-electron chi connectivity index (χ2n) is 7.63. The average Bonchev–Trinajstić information content (AvgIpc) is 3.06. The molecule has 2 aliphatic heterocycles. The van der Waals surface area contributed by atoms with Crippen LogP contribution in [-0.4, -0.2) is 47.7 Å². The SMILES string of the molecule is C[C@H](Cc1ccccc1)Oc1ccc2c(c1)C(=O)NCC1CN(C(=O)O)CC21. The molecule has 3 atom stereocenters. The average molecular weight is 380 g/mol. The van der Waals surface area contributed by atoms with Gasteiger partial charge in [-0.25, -0.2) is 4.79 Å². The number of nitrogens with one attached hydrogen (secondary N) is 1. The fourth-order valence-electron chi connectivity index (χ4n) is 4.25. The van der Waals surface area contributed by atoms with E-state index in [1.54, 1.807) is 6.07 Å². The summed E-state index contributed by atoms with van der Waals surface area (Å²) < 4.78 is 6.06. The van der Waals surface area contributed by atoms with Crippen molar-refractivity contribution < 1.29 is 19.4 Å². The van der Waals surface area contributed by atoms with Crippen molar-refractivity contribution in [2.75, 3.05) is 19.6 Å². The number of hydrogen-bond donors (Lipinski definition) is 2. The summed E-state index contributed by atoms with van der Waals surface area (Å²) in [4.78, 5) is 25.4. The molecule has 4 rings (SSSR count). The monoisotopic (exact) mass is 380 g/mol. The van der Waals surface area contributed by atoms with Crippen molar-refractivity contribution in [2.24, 2.45) is 5.92 Å². The van der Waals surface area contributed by atoms with Crippen LogP contribution in [0, 0.1) is 5.92 Å². The van der Waals surface area contributed by atoms with Gasteiger partial charge in [-0.05, 0) is 30.2 Å². The van der Waals surface area contributed by atoms with Crippen molar-refractivity contribution >= 4 is 12.0 Å². The summed E-state index contributed by atoms with van der Waals surface area (Å²) in [7, 11) is 0. The smallest absolute Gasteiger partial charge is 0.407 e. The van der Waals surface area contributed by atoms with Crippen LogP contribution in [0.2, 0.25) is 0 Å². The van der Waals surface area contributed by atoms with Crippen LogP contribution in [-0.2, 0) is 6.42 Å². The van der Waals surface area contributed by atoms with Gasteiger partial charge >= 0.3 is 6.09 Å². The summed E-state index contributed by atoms with van der Waals surface area (Å²) in [5.74, 6) is 0.669. The van der Waals surface area contributed by atoms with Gasteiger partial charge in [0.2, 0.25) is 0 Å². The Hall–Kier alpha value is -3.02. The minimum atomic E-state index is -0.907. The Bertz CT molecular complexity index is 883. The van der Waals surface area contributed by atoms with Crippen LogP contribution in [0.15, 0.2) is 48.5 Å². The highest BCUT2D eigenvalue weighted by atomic mass is 16.5. The number of carbonyl (C=O) groups excluding carboxylic acids is 1. The van der Waals surface area contributed by atoms with Crippen LogP contribution < -0.4 is 10.1 Å². The molecule has 0 aliphatic carbocycles. The predicted octanol–water partition coefficient (Wildman–Crippen LogP) is 3.13. The van der Waals surface area contributed by atoms with Crippen LogP contribution >= 0.6 is 0 Å². The zero-order valence-electron chi connectivity index (χ0n) is 15.8. The van der Waals surface area contributed by atoms with Crippen LogP contribution in [0.3, 0.4) is 0 Å². The molecule has 6 nitrogen and oxygen atoms in total. The molecule has 0 radical (unpaired) electrons. The zero-order chi connectivity index (χ0) is 19.7. The third kappa shape index (κ3) is 3.67. The van der Waals surface area contributed by atoms with Crippen molar-refractivity contribution in [3.05, 3.63) is 65.2 Å². The summed E-state index contributed by atoms with van der Waals surface area (Å²) in [5.41, 5.74) is 2.70. The molecule has 146 valence electrons. The first-order valence-electron chi connectivity index (χ1n) is 9.62. The Balaban J connectivity index is 1.54. The molecule has 2 aromatic carbocycles. The van der Waals surface area contributed by atoms with Crippen molar-refractivity contribution in [1.29, 1.82) is 0 Å². The fraction of sp³-hybridized carbons (Fsp3) is 0.364. The first-order valence-corrected chi connectivity index (χ1v) is 9.62. The van der Waals surface area contributed by atoms with E-state index in [9.17, 15) is 14.7 Å². The third-order valence-electron chi connectivity index (χ3n) is 5.61. The number of benzene rings is 2. The zero-order valence-corrected chi connectivity index (χ0v) is 15.8. The van der Waals surface area contributed by atoms with Crippen LogP contribution in [0.5, 0.6) is 5.75 Å². The molecular weight excluding hydrogens is 356 g/mol. The number of nitrogens with zero attached hydrogens (tertiary/aromatic N) is 1. The largest absolute Gasteiger partial charge is 0.490 e. The van der Waals surface area contributed by atoms with E-state index in [-0.39, 0.29) is 23.8 Å². The quantitative estimate of drug-likeness (QED) is 0.854. The van der Waals surface area contributed by atoms with Crippen LogP contribution in [0.4, 0.5) is 4.79 Å². The number of likely N-dealkylation sites (tertiary alicyclic amines) is 1. The molecule has 0 spiro atoms. The topological polar surface area (TPSA) is 78.9 Å². The standard InChI is InChI=1S/C22H24N2O4/c1-14(9-15-5-3-2-4-6-15)28-17-7-8-18-19(10-17)21(25)23-11-16-12-24(22(26)27)13-20(16)18/h2-8,10,14,16,20H,9,11-13H2,1H3,(H,23,25)(H,26,27)/t14-,16?,20?/m1/s1. The van der Waals surface area contributed by atoms with Gasteiger partial charge in [0.15, 0.2) is 0 Å². The molecule has 28 heavy (non-hydrogen) atoms. The highest BCUT2D eigenvalue weighted by Crippen LogP contribution is 2.37. The molecule has 2 aromatic rings. The van der Waals surface area contributed by atoms with E-state index < -0.39 is 6.09 Å². The molecular formula is C22H24N2O4. The van der Waals surface area contributed by atoms with Gasteiger partial charge in [-0.15, -0.1) is 0 Å². The van der Waals surface area contributed by atoms with Crippen LogP contribution in [0.25, 0.3) is 0 Å². The van der Waals surface area contributed by atoms with Crippen molar-refractivity contribution in [3.8, 4) is 5.75 Å². The normalized spacial score (nSPS) is 21.9. The number of ether oxygens (including phenoxy) is 1. The van der Waals surface area contributed by atoms with Gasteiger partial charge in [-0.2, -0.15) is 0 Å². The molecule has 2 unspecified atom stereocenters. The van der Waals surface area contributed by atoms with Gasteiger partial charge in [-0.1, -0.05) is 36.4 Å². The van der Waals surface area contributed by atoms with E-state index in [1.807, 2.05) is 37.3 Å². The second kappa shape index (κ2) is 7.54. The Kier molecular flexibility index (Phi) is 4.94. The minimum Gasteiger partial charge on any atom is -0.490 e. The molecule has 2 heterocycles. The Morgan fingerprint density at radius 3 is 2.79 bits per heavy atom. The molecule has 1 fully saturated rings. The Labute approximate surface area is 164 Å². The van der Waals surface area contributed by atoms with E-state index in [2.05, 4.69) is 17.4 Å². The fourth-order valence-corrected chi connectivity index (χ4v) is 4.25. The number of hydrogen-bond acceptors (Lipinski definition) is 3. The van der Waals surface area contributed by atoms with Crippen molar-refractivity contribution in [3.63, 3.8) is 0 Å². The number of carbonyl (C=O) groups is 2. The molecule has 1 saturated heterocycles. The minimum absolute atomic E-state index is 0.0286. The molecule has 0 saturated carbocycles. The predicted molar refractivity (Wildman–Crippen MR) is 105 cm³/mol. The van der Waals surface area contributed by atoms with Gasteiger partial charge in [0.25, 0.3) is 5.91 Å². The first-order chi connectivity index (χ1) is 13.5. The van der Waals surface area contributed by atoms with E-state index in [0.29, 0.717) is 30.9 Å². The van der Waals surface area contributed by atoms with Crippen molar-refractivity contribution in [1.82, 2.24) is 10.2 Å². The maximum atomic E-state index is 12.6. The Morgan fingerprint density at radius 1 is 1.25 bits per heavy atom. The number of rotatable bonds is 4. The first kappa shape index (κ1) is 18.3. The van der Waals surface area contributed by atoms with Gasteiger partial charge < -0.3 is 20.1 Å². The molecule has 6 heteroatoms. The Morgan fingerprint density at radius 2 is 2.04 bits per heavy atom. The lowest BCUT2D eigenvalue weighted by Gasteiger charge is -2.19. The highest BCUT2D eigenvalue weighted by Gasteiger charge is 2.40. The van der Waals surface area contributed by atoms with Gasteiger partial charge in [0.05, 0.1) is 6.10 Å². The molecule has 2 amide bonds. The van der Waals surface area contributed by atoms with Gasteiger partial charge in [0, 0.05) is 43.5 Å². The van der Waals surface area contributed by atoms with E-state index in [1.165, 1.54) is 10.5 Å². The second-order valence-corrected chi connectivity index (χ2v) is 7.63. The lowest BCUT2D eigenvalue weighted by atomic mass is 9.87. The summed E-state index contributed by atoms with van der Waals surface area (Å²) in [6.07, 6.45) is -0.158. The molecule has 0 bridgehead atoms. The summed E-state index contributed by atoms with van der Waals surface area (Å²) >= 11 is 0. The summed E-state index contributed by atoms with van der Waals surface area (Å²) in [6.45, 7) is 3.37. The number of fused-ring (bicyclic) bond motifs is 3. The maximum Gasteiger partial charge on any atom is 0.407 e. The van der Waals surface area contributed by atoms with E-state index in [0.717, 1.165) is 12.0 Å². The highest BCUT2D eigenvalue weighted by molar-refractivity contribution is 5.96. The summed E-state index contributed by atoms with van der Waals surface area (Å²) in [5, 5.41) is 12.3. The lowest BCUT2D eigenvalue weighted by molar-refractivity contribution is 0.0950. The van der Waals surface area contributed by atoms with Gasteiger partial charge in [-0.3, -0.25) is 4.79 Å². The number of amides is 2. The van der Waals surface area contributed by atoms with Gasteiger partial charge in [0.1, 0.15) is 5.75 Å². The van der Waals surface area contributed by atoms with E-state index in [4.69, 9.17) is 4.74 Å². The molecule has 0 aromatic heterocycles. The number of carboxylic acid groups (broad SMARTS) is 1. The molecule has 2 aliphatic rings. The third-order valence-corrected chi connectivity index (χ3v) is 5.61. The maximum absolute atomic E-state index is 12.6. The molecule has 2 N–H and O–H groups in total.